The van der Waals surface area contributed by atoms with Gasteiger partial charge < -0.3 is 5.11 Å². The molecule has 1 heterocycles. The lowest BCUT2D eigenvalue weighted by Crippen LogP contribution is -2.55. The minimum Gasteiger partial charge on any atom is -0.385 e. The second-order valence-electron chi connectivity index (χ2n) is 10.9. The number of piperidine rings is 1. The minimum atomic E-state index is -3.74. The molecule has 1 aliphatic heterocycles. The maximum absolute atomic E-state index is 13.5. The summed E-state index contributed by atoms with van der Waals surface area (Å²) in [6.07, 6.45) is 19.4. The average molecular weight is 500 g/mol. The molecule has 3 fully saturated rings. The van der Waals surface area contributed by atoms with E-state index in [1.807, 2.05) is 19.1 Å². The van der Waals surface area contributed by atoms with Gasteiger partial charge >= 0.3 is 0 Å². The average Bonchev–Trinajstić information content (AvgIpc) is 2.88. The molecule has 1 N–H and O–H groups in total. The van der Waals surface area contributed by atoms with Crippen molar-refractivity contribution in [3.63, 3.8) is 0 Å². The van der Waals surface area contributed by atoms with E-state index in [-0.39, 0.29) is 30.2 Å². The predicted octanol–water partition coefficient (Wildman–Crippen LogP) is 5.58. The monoisotopic (exact) mass is 499 g/mol. The molecule has 0 spiro atoms. The van der Waals surface area contributed by atoms with Crippen LogP contribution in [0.4, 0.5) is 0 Å². The molecule has 0 bridgehead atoms. The summed E-state index contributed by atoms with van der Waals surface area (Å²) in [4.78, 5) is 13.7. The molecular weight excluding hydrogens is 458 g/mol. The van der Waals surface area contributed by atoms with Crippen molar-refractivity contribution in [2.24, 2.45) is 17.8 Å². The van der Waals surface area contributed by atoms with Crippen molar-refractivity contribution in [2.75, 3.05) is 13.1 Å². The number of hydrogen-bond acceptors (Lipinski definition) is 4. The molecule has 0 unspecified atom stereocenters. The number of carbonyl (C=O) groups excluding carboxylic acids is 1. The number of aliphatic hydroxyl groups is 1. The Morgan fingerprint density at radius 1 is 0.943 bits per heavy atom. The van der Waals surface area contributed by atoms with Crippen molar-refractivity contribution in [1.82, 2.24) is 4.31 Å². The summed E-state index contributed by atoms with van der Waals surface area (Å²) < 4.78 is 28.2. The van der Waals surface area contributed by atoms with Crippen LogP contribution < -0.4 is 0 Å². The maximum Gasteiger partial charge on any atom is 0.243 e. The zero-order valence-corrected chi connectivity index (χ0v) is 21.9. The van der Waals surface area contributed by atoms with Gasteiger partial charge in [0.05, 0.1) is 16.4 Å². The summed E-state index contributed by atoms with van der Waals surface area (Å²) in [5, 5.41) is 11.7. The SMILES string of the molecule is Cc1ccc(S(=O)(=O)N2CC[C@@](O)(/C=C/C3CCCCC3)[C@H](C(=O)/C=C/C3CCCCC3)C2)cc1. The molecule has 192 valence electrons. The van der Waals surface area contributed by atoms with Crippen LogP contribution in [0.15, 0.2) is 53.5 Å². The first-order valence-electron chi connectivity index (χ1n) is 13.5. The van der Waals surface area contributed by atoms with Gasteiger partial charge in [-0.3, -0.25) is 4.79 Å². The molecule has 1 aromatic carbocycles. The molecule has 2 atom stereocenters. The summed E-state index contributed by atoms with van der Waals surface area (Å²) in [5.41, 5.74) is -0.337. The fourth-order valence-corrected chi connectivity index (χ4v) is 7.30. The summed E-state index contributed by atoms with van der Waals surface area (Å²) in [5.74, 6) is -0.156. The molecule has 35 heavy (non-hydrogen) atoms. The molecular formula is C29H41NO4S. The molecule has 0 amide bonds. The van der Waals surface area contributed by atoms with Crippen LogP contribution in [-0.4, -0.2) is 42.3 Å². The Hall–Kier alpha value is -1.76. The van der Waals surface area contributed by atoms with Gasteiger partial charge in [0, 0.05) is 13.1 Å². The lowest BCUT2D eigenvalue weighted by Gasteiger charge is -2.41. The number of nitrogens with zero attached hydrogens (tertiary/aromatic N) is 1. The van der Waals surface area contributed by atoms with Gasteiger partial charge in [0.1, 0.15) is 0 Å². The van der Waals surface area contributed by atoms with E-state index in [1.54, 1.807) is 30.3 Å². The topological polar surface area (TPSA) is 74.7 Å². The number of rotatable bonds is 7. The molecule has 2 aliphatic carbocycles. The van der Waals surface area contributed by atoms with E-state index < -0.39 is 21.5 Å². The Bertz CT molecular complexity index is 1020. The molecule has 6 heteroatoms. The second kappa shape index (κ2) is 11.5. The van der Waals surface area contributed by atoms with Gasteiger partial charge in [-0.25, -0.2) is 8.42 Å². The number of ketones is 1. The summed E-state index contributed by atoms with van der Waals surface area (Å²) in [6, 6.07) is 6.81. The third kappa shape index (κ3) is 6.52. The number of carbonyl (C=O) groups is 1. The minimum absolute atomic E-state index is 0.00441. The Balaban J connectivity index is 1.56. The zero-order chi connectivity index (χ0) is 24.9. The van der Waals surface area contributed by atoms with E-state index in [4.69, 9.17) is 0 Å². The number of aryl methyl sites for hydroxylation is 1. The van der Waals surface area contributed by atoms with Gasteiger partial charge in [0.2, 0.25) is 10.0 Å². The van der Waals surface area contributed by atoms with Crippen molar-refractivity contribution in [3.05, 3.63) is 54.1 Å². The van der Waals surface area contributed by atoms with Crippen molar-refractivity contribution in [3.8, 4) is 0 Å². The third-order valence-electron chi connectivity index (χ3n) is 8.24. The van der Waals surface area contributed by atoms with E-state index in [0.717, 1.165) is 31.2 Å². The van der Waals surface area contributed by atoms with Gasteiger partial charge in [-0.1, -0.05) is 74.4 Å². The van der Waals surface area contributed by atoms with Gasteiger partial charge in [0.25, 0.3) is 0 Å². The standard InChI is InChI=1S/C29H41NO4S/c1-23-12-15-26(16-13-23)35(33,34)30-21-20-29(32,19-18-25-10-6-3-7-11-25)27(22-30)28(31)17-14-24-8-4-2-5-9-24/h12-19,24-25,27,32H,2-11,20-22H2,1H3/b17-14+,19-18+/t27-,29-/m0/s1. The highest BCUT2D eigenvalue weighted by molar-refractivity contribution is 7.89. The lowest BCUT2D eigenvalue weighted by atomic mass is 9.77. The van der Waals surface area contributed by atoms with Crippen molar-refractivity contribution in [2.45, 2.75) is 88.0 Å². The van der Waals surface area contributed by atoms with Crippen LogP contribution in [0.1, 0.15) is 76.2 Å². The first-order valence-corrected chi connectivity index (χ1v) is 14.9. The van der Waals surface area contributed by atoms with Crippen molar-refractivity contribution in [1.29, 1.82) is 0 Å². The maximum atomic E-state index is 13.5. The van der Waals surface area contributed by atoms with Crippen molar-refractivity contribution < 1.29 is 18.3 Å². The van der Waals surface area contributed by atoms with E-state index >= 15 is 0 Å². The van der Waals surface area contributed by atoms with Crippen LogP contribution in [0.2, 0.25) is 0 Å². The quantitative estimate of drug-likeness (QED) is 0.393. The van der Waals surface area contributed by atoms with Crippen LogP contribution in [0.25, 0.3) is 0 Å². The van der Waals surface area contributed by atoms with E-state index in [2.05, 4.69) is 6.08 Å². The molecule has 1 aromatic rings. The highest BCUT2D eigenvalue weighted by atomic mass is 32.2. The van der Waals surface area contributed by atoms with E-state index in [9.17, 15) is 18.3 Å². The highest BCUT2D eigenvalue weighted by Crippen LogP contribution is 2.35. The Labute approximate surface area is 211 Å². The largest absolute Gasteiger partial charge is 0.385 e. The molecule has 1 saturated heterocycles. The van der Waals surface area contributed by atoms with Gasteiger partial charge in [-0.2, -0.15) is 4.31 Å². The fourth-order valence-electron chi connectivity index (χ4n) is 5.85. The van der Waals surface area contributed by atoms with Crippen molar-refractivity contribution >= 4 is 15.8 Å². The molecule has 2 saturated carbocycles. The first kappa shape index (κ1) is 26.3. The van der Waals surface area contributed by atoms with E-state index in [1.165, 1.54) is 42.8 Å². The van der Waals surface area contributed by atoms with Gasteiger partial charge in [-0.05, 0) is 69.1 Å². The number of allylic oxidation sites excluding steroid dienone is 3. The summed E-state index contributed by atoms with van der Waals surface area (Å²) >= 11 is 0. The second-order valence-corrected chi connectivity index (χ2v) is 12.8. The van der Waals surface area contributed by atoms with Gasteiger partial charge in [0.15, 0.2) is 5.78 Å². The number of sulfonamides is 1. The number of benzene rings is 1. The van der Waals surface area contributed by atoms with Gasteiger partial charge in [-0.15, -0.1) is 0 Å². The Morgan fingerprint density at radius 2 is 1.51 bits per heavy atom. The predicted molar refractivity (Wildman–Crippen MR) is 139 cm³/mol. The summed E-state index contributed by atoms with van der Waals surface area (Å²) in [6.45, 7) is 2.11. The fraction of sp³-hybridized carbons (Fsp3) is 0.621. The van der Waals surface area contributed by atoms with Crippen LogP contribution in [0.5, 0.6) is 0 Å². The van der Waals surface area contributed by atoms with Crippen LogP contribution >= 0.6 is 0 Å². The van der Waals surface area contributed by atoms with Crippen LogP contribution in [0.3, 0.4) is 0 Å². The third-order valence-corrected chi connectivity index (χ3v) is 10.1. The highest BCUT2D eigenvalue weighted by Gasteiger charge is 2.46. The Morgan fingerprint density at radius 3 is 2.11 bits per heavy atom. The van der Waals surface area contributed by atoms with Crippen LogP contribution in [-0.2, 0) is 14.8 Å². The molecule has 5 nitrogen and oxygen atoms in total. The molecule has 0 radical (unpaired) electrons. The first-order chi connectivity index (χ1) is 16.8. The zero-order valence-electron chi connectivity index (χ0n) is 21.1. The smallest absolute Gasteiger partial charge is 0.243 e. The lowest BCUT2D eigenvalue weighted by molar-refractivity contribution is -0.127. The Kier molecular flexibility index (Phi) is 8.67. The van der Waals surface area contributed by atoms with E-state index in [0.29, 0.717) is 11.8 Å². The number of hydrogen-bond donors (Lipinski definition) is 1. The molecule has 4 rings (SSSR count). The normalized spacial score (nSPS) is 28.1. The summed E-state index contributed by atoms with van der Waals surface area (Å²) in [7, 11) is -3.74. The van der Waals surface area contributed by atoms with Crippen LogP contribution in [0, 0.1) is 24.7 Å². The molecule has 0 aromatic heterocycles. The molecule has 3 aliphatic rings.